The van der Waals surface area contributed by atoms with Gasteiger partial charge < -0.3 is 15.1 Å². The second-order valence-corrected chi connectivity index (χ2v) is 4.36. The first kappa shape index (κ1) is 11.5. The van der Waals surface area contributed by atoms with Crippen LogP contribution in [0.4, 0.5) is 0 Å². The summed E-state index contributed by atoms with van der Waals surface area (Å²) >= 11 is 0. The van der Waals surface area contributed by atoms with Crippen LogP contribution in [0.2, 0.25) is 0 Å². The molecule has 1 aliphatic rings. The summed E-state index contributed by atoms with van der Waals surface area (Å²) in [6.07, 6.45) is 0.944. The summed E-state index contributed by atoms with van der Waals surface area (Å²) in [5, 5.41) is 3.33. The Morgan fingerprint density at radius 1 is 1.29 bits per heavy atom. The topological polar surface area (TPSA) is 35.6 Å². The molecule has 0 bridgehead atoms. The number of rotatable bonds is 2. The van der Waals surface area contributed by atoms with E-state index in [4.69, 9.17) is 0 Å². The fraction of sp³-hybridized carbons (Fsp3) is 0.900. The monoisotopic (exact) mass is 199 g/mol. The minimum Gasteiger partial charge on any atom is -0.349 e. The van der Waals surface area contributed by atoms with Gasteiger partial charge in [-0.15, -0.1) is 0 Å². The van der Waals surface area contributed by atoms with E-state index in [2.05, 4.69) is 10.2 Å². The number of hydrogen-bond acceptors (Lipinski definition) is 3. The number of nitrogens with one attached hydrogen (secondary N) is 1. The van der Waals surface area contributed by atoms with Gasteiger partial charge in [-0.25, -0.2) is 0 Å². The van der Waals surface area contributed by atoms with Crippen LogP contribution in [0.1, 0.15) is 6.42 Å². The van der Waals surface area contributed by atoms with Crippen LogP contribution in [0, 0.1) is 5.92 Å². The molecule has 1 saturated heterocycles. The van der Waals surface area contributed by atoms with E-state index in [0.29, 0.717) is 6.04 Å². The van der Waals surface area contributed by atoms with E-state index in [1.165, 1.54) is 0 Å². The average Bonchev–Trinajstić information content (AvgIpc) is 2.16. The Balaban J connectivity index is 2.67. The van der Waals surface area contributed by atoms with E-state index in [9.17, 15) is 4.79 Å². The van der Waals surface area contributed by atoms with Gasteiger partial charge in [-0.05, 0) is 27.1 Å². The molecule has 0 aliphatic carbocycles. The highest BCUT2D eigenvalue weighted by Crippen LogP contribution is 2.18. The second kappa shape index (κ2) is 4.75. The van der Waals surface area contributed by atoms with Gasteiger partial charge in [0.2, 0.25) is 5.91 Å². The first-order valence-electron chi connectivity index (χ1n) is 5.12. The molecule has 4 nitrogen and oxygen atoms in total. The van der Waals surface area contributed by atoms with Crippen molar-refractivity contribution in [3.05, 3.63) is 0 Å². The van der Waals surface area contributed by atoms with E-state index in [1.54, 1.807) is 4.90 Å². The van der Waals surface area contributed by atoms with Crippen LogP contribution in [0.5, 0.6) is 0 Å². The van der Waals surface area contributed by atoms with Crippen LogP contribution in [0.25, 0.3) is 0 Å². The lowest BCUT2D eigenvalue weighted by molar-refractivity contribution is -0.135. The first-order chi connectivity index (χ1) is 6.54. The van der Waals surface area contributed by atoms with Crippen LogP contribution >= 0.6 is 0 Å². The van der Waals surface area contributed by atoms with Crippen LogP contribution in [0.15, 0.2) is 0 Å². The predicted octanol–water partition coefficient (Wildman–Crippen LogP) is -0.386. The van der Waals surface area contributed by atoms with Crippen LogP contribution in [0.3, 0.4) is 0 Å². The van der Waals surface area contributed by atoms with E-state index >= 15 is 0 Å². The largest absolute Gasteiger partial charge is 0.349 e. The molecule has 14 heavy (non-hydrogen) atoms. The Morgan fingerprint density at radius 2 is 1.93 bits per heavy atom. The van der Waals surface area contributed by atoms with Gasteiger partial charge in [0, 0.05) is 26.7 Å². The lowest BCUT2D eigenvalue weighted by atomic mass is 9.91. The van der Waals surface area contributed by atoms with Crippen LogP contribution < -0.4 is 5.32 Å². The van der Waals surface area contributed by atoms with Crippen molar-refractivity contribution in [3.63, 3.8) is 0 Å². The minimum absolute atomic E-state index is 0.154. The maximum absolute atomic E-state index is 11.9. The Morgan fingerprint density at radius 3 is 2.43 bits per heavy atom. The van der Waals surface area contributed by atoms with Crippen LogP contribution in [-0.2, 0) is 4.79 Å². The number of piperidine rings is 1. The maximum Gasteiger partial charge on any atom is 0.226 e. The molecule has 1 N–H and O–H groups in total. The van der Waals surface area contributed by atoms with Crippen molar-refractivity contribution in [1.29, 1.82) is 0 Å². The zero-order valence-corrected chi connectivity index (χ0v) is 9.58. The lowest BCUT2D eigenvalue weighted by Crippen LogP contribution is -2.53. The zero-order valence-electron chi connectivity index (χ0n) is 9.58. The van der Waals surface area contributed by atoms with Gasteiger partial charge in [0.05, 0.1) is 5.92 Å². The molecule has 1 rings (SSSR count). The second-order valence-electron chi connectivity index (χ2n) is 4.36. The van der Waals surface area contributed by atoms with Crippen LogP contribution in [-0.4, -0.2) is 63.0 Å². The van der Waals surface area contributed by atoms with Gasteiger partial charge in [0.25, 0.3) is 0 Å². The highest BCUT2D eigenvalue weighted by Gasteiger charge is 2.32. The Bertz CT molecular complexity index is 204. The highest BCUT2D eigenvalue weighted by atomic mass is 16.2. The molecule has 0 unspecified atom stereocenters. The molecule has 1 amide bonds. The number of likely N-dealkylation sites (N-methyl/N-ethyl adjacent to an activating group) is 1. The summed E-state index contributed by atoms with van der Waals surface area (Å²) in [6.45, 7) is 1.87. The normalized spacial score (nSPS) is 27.8. The third-order valence-corrected chi connectivity index (χ3v) is 2.87. The molecule has 0 aromatic rings. The van der Waals surface area contributed by atoms with E-state index in [0.717, 1.165) is 19.5 Å². The first-order valence-corrected chi connectivity index (χ1v) is 5.12. The van der Waals surface area contributed by atoms with Crippen molar-refractivity contribution in [1.82, 2.24) is 15.1 Å². The quantitative estimate of drug-likeness (QED) is 0.658. The number of amides is 1. The highest BCUT2D eigenvalue weighted by molar-refractivity contribution is 5.79. The summed E-state index contributed by atoms with van der Waals surface area (Å²) in [6, 6.07) is 0.332. The predicted molar refractivity (Wildman–Crippen MR) is 57.1 cm³/mol. The van der Waals surface area contributed by atoms with Gasteiger partial charge in [0.15, 0.2) is 0 Å². The third-order valence-electron chi connectivity index (χ3n) is 2.87. The van der Waals surface area contributed by atoms with E-state index < -0.39 is 0 Å². The van der Waals surface area contributed by atoms with Gasteiger partial charge in [0.1, 0.15) is 0 Å². The standard InChI is InChI=1S/C10H21N3O/c1-12(2)9-7-11-6-5-8(9)10(14)13(3)4/h8-9,11H,5-7H2,1-4H3/t8-,9-/m0/s1. The number of carbonyl (C=O) groups is 1. The molecule has 0 spiro atoms. The average molecular weight is 199 g/mol. The number of carbonyl (C=O) groups excluding carboxylic acids is 1. The fourth-order valence-electron chi connectivity index (χ4n) is 2.00. The Kier molecular flexibility index (Phi) is 3.89. The van der Waals surface area contributed by atoms with Crippen molar-refractivity contribution < 1.29 is 4.79 Å². The molecular weight excluding hydrogens is 178 g/mol. The molecule has 1 aliphatic heterocycles. The fourth-order valence-corrected chi connectivity index (χ4v) is 2.00. The van der Waals surface area contributed by atoms with Crippen molar-refractivity contribution in [3.8, 4) is 0 Å². The molecule has 82 valence electrons. The van der Waals surface area contributed by atoms with E-state index in [1.807, 2.05) is 28.2 Å². The Hall–Kier alpha value is -0.610. The number of nitrogens with zero attached hydrogens (tertiary/aromatic N) is 2. The zero-order chi connectivity index (χ0) is 10.7. The smallest absolute Gasteiger partial charge is 0.226 e. The summed E-state index contributed by atoms with van der Waals surface area (Å²) in [7, 11) is 7.73. The summed E-state index contributed by atoms with van der Waals surface area (Å²) in [5.74, 6) is 0.409. The lowest BCUT2D eigenvalue weighted by Gasteiger charge is -2.36. The van der Waals surface area contributed by atoms with E-state index in [-0.39, 0.29) is 11.8 Å². The molecule has 2 atom stereocenters. The van der Waals surface area contributed by atoms with Gasteiger partial charge in [-0.3, -0.25) is 4.79 Å². The van der Waals surface area contributed by atoms with Gasteiger partial charge >= 0.3 is 0 Å². The van der Waals surface area contributed by atoms with Crippen molar-refractivity contribution >= 4 is 5.91 Å². The van der Waals surface area contributed by atoms with Crippen molar-refractivity contribution in [2.45, 2.75) is 12.5 Å². The molecule has 0 aromatic carbocycles. The van der Waals surface area contributed by atoms with Gasteiger partial charge in [-0.2, -0.15) is 0 Å². The third kappa shape index (κ3) is 2.45. The Labute approximate surface area is 86.2 Å². The number of hydrogen-bond donors (Lipinski definition) is 1. The molecule has 0 radical (unpaired) electrons. The maximum atomic E-state index is 11.9. The minimum atomic E-state index is 0.154. The van der Waals surface area contributed by atoms with Crippen molar-refractivity contribution in [2.75, 3.05) is 41.3 Å². The molecule has 0 saturated carbocycles. The molecule has 1 heterocycles. The SMILES string of the molecule is CN(C)C(=O)[C@H]1CCNC[C@@H]1N(C)C. The molecule has 1 fully saturated rings. The molecule has 0 aromatic heterocycles. The van der Waals surface area contributed by atoms with Gasteiger partial charge in [-0.1, -0.05) is 0 Å². The molecular formula is C10H21N3O. The summed E-state index contributed by atoms with van der Waals surface area (Å²) in [4.78, 5) is 15.7. The molecule has 4 heteroatoms. The van der Waals surface area contributed by atoms with Crippen molar-refractivity contribution in [2.24, 2.45) is 5.92 Å². The summed E-state index contributed by atoms with van der Waals surface area (Å²) in [5.41, 5.74) is 0. The summed E-state index contributed by atoms with van der Waals surface area (Å²) < 4.78 is 0.